The summed E-state index contributed by atoms with van der Waals surface area (Å²) in [5.74, 6) is 0.721. The van der Waals surface area contributed by atoms with Crippen molar-refractivity contribution in [2.75, 3.05) is 0 Å². The lowest BCUT2D eigenvalue weighted by Gasteiger charge is -2.00. The zero-order chi connectivity index (χ0) is 10.3. The zero-order valence-corrected chi connectivity index (χ0v) is 9.05. The Bertz CT molecular complexity index is 603. The van der Waals surface area contributed by atoms with Gasteiger partial charge in [-0.05, 0) is 24.3 Å². The molecule has 3 rings (SSSR count). The van der Waals surface area contributed by atoms with E-state index in [0.717, 1.165) is 22.4 Å². The third-order valence-corrected chi connectivity index (χ3v) is 3.00. The molecule has 0 bridgehead atoms. The number of furan rings is 1. The van der Waals surface area contributed by atoms with Crippen molar-refractivity contribution >= 4 is 34.4 Å². The van der Waals surface area contributed by atoms with Gasteiger partial charge in [-0.25, -0.2) is 0 Å². The Morgan fingerprint density at radius 2 is 2.13 bits per heavy atom. The summed E-state index contributed by atoms with van der Waals surface area (Å²) < 4.78 is 13.7. The van der Waals surface area contributed by atoms with Gasteiger partial charge in [-0.3, -0.25) is 0 Å². The summed E-state index contributed by atoms with van der Waals surface area (Å²) in [4.78, 5) is 0. The van der Waals surface area contributed by atoms with E-state index >= 15 is 0 Å². The topological polar surface area (TPSA) is 38.9 Å². The van der Waals surface area contributed by atoms with Gasteiger partial charge in [0.05, 0.1) is 28.6 Å². The molecule has 0 aliphatic heterocycles. The van der Waals surface area contributed by atoms with E-state index in [1.165, 1.54) is 11.7 Å². The first-order chi connectivity index (χ1) is 7.36. The van der Waals surface area contributed by atoms with Crippen molar-refractivity contribution in [3.63, 3.8) is 0 Å². The van der Waals surface area contributed by atoms with E-state index in [1.54, 1.807) is 6.26 Å². The molecule has 0 fully saturated rings. The molecule has 0 saturated heterocycles. The van der Waals surface area contributed by atoms with Gasteiger partial charge in [0.2, 0.25) is 0 Å². The van der Waals surface area contributed by atoms with E-state index in [-0.39, 0.29) is 0 Å². The van der Waals surface area contributed by atoms with E-state index in [2.05, 4.69) is 8.75 Å². The van der Waals surface area contributed by atoms with Gasteiger partial charge < -0.3 is 4.42 Å². The van der Waals surface area contributed by atoms with E-state index in [4.69, 9.17) is 16.0 Å². The van der Waals surface area contributed by atoms with Crippen LogP contribution >= 0.6 is 23.3 Å². The summed E-state index contributed by atoms with van der Waals surface area (Å²) in [6.07, 6.45) is 1.62. The van der Waals surface area contributed by atoms with Crippen molar-refractivity contribution in [2.24, 2.45) is 0 Å². The highest BCUT2D eigenvalue weighted by Gasteiger charge is 2.13. The van der Waals surface area contributed by atoms with Crippen LogP contribution in [-0.4, -0.2) is 8.75 Å². The highest BCUT2D eigenvalue weighted by Crippen LogP contribution is 2.34. The zero-order valence-electron chi connectivity index (χ0n) is 7.48. The van der Waals surface area contributed by atoms with Crippen molar-refractivity contribution in [2.45, 2.75) is 0 Å². The number of hydrogen-bond acceptors (Lipinski definition) is 4. The van der Waals surface area contributed by atoms with Crippen LogP contribution in [0, 0.1) is 0 Å². The molecule has 3 aromatic rings. The molecule has 0 radical (unpaired) electrons. The quantitative estimate of drug-likeness (QED) is 0.648. The fraction of sp³-hybridized carbons (Fsp3) is 0. The van der Waals surface area contributed by atoms with Gasteiger partial charge in [0.25, 0.3) is 0 Å². The normalized spacial score (nSPS) is 11.0. The number of benzene rings is 1. The average Bonchev–Trinajstić information content (AvgIpc) is 2.85. The molecule has 0 aliphatic carbocycles. The Labute approximate surface area is 94.6 Å². The predicted molar refractivity (Wildman–Crippen MR) is 60.1 cm³/mol. The molecule has 0 amide bonds. The van der Waals surface area contributed by atoms with Crippen molar-refractivity contribution in [1.29, 1.82) is 0 Å². The first-order valence-electron chi connectivity index (χ1n) is 4.31. The summed E-state index contributed by atoms with van der Waals surface area (Å²) in [5.41, 5.74) is 2.45. The largest absolute Gasteiger partial charge is 0.464 e. The second-order valence-electron chi connectivity index (χ2n) is 3.03. The van der Waals surface area contributed by atoms with Gasteiger partial charge in [-0.1, -0.05) is 11.6 Å². The maximum atomic E-state index is 6.13. The van der Waals surface area contributed by atoms with Crippen LogP contribution in [0.2, 0.25) is 5.02 Å². The number of fused-ring (bicyclic) bond motifs is 1. The molecule has 0 spiro atoms. The molecule has 0 aliphatic rings. The van der Waals surface area contributed by atoms with E-state index in [0.29, 0.717) is 5.02 Å². The first kappa shape index (κ1) is 8.88. The molecule has 0 saturated carbocycles. The first-order valence-corrected chi connectivity index (χ1v) is 5.42. The van der Waals surface area contributed by atoms with Crippen LogP contribution < -0.4 is 0 Å². The van der Waals surface area contributed by atoms with Crippen LogP contribution in [0.1, 0.15) is 0 Å². The van der Waals surface area contributed by atoms with Crippen LogP contribution in [0.5, 0.6) is 0 Å². The van der Waals surface area contributed by atoms with E-state index in [9.17, 15) is 0 Å². The van der Waals surface area contributed by atoms with Crippen molar-refractivity contribution in [1.82, 2.24) is 8.75 Å². The Kier molecular flexibility index (Phi) is 1.97. The molecule has 0 N–H and O–H groups in total. The van der Waals surface area contributed by atoms with Gasteiger partial charge in [0, 0.05) is 0 Å². The number of nitrogens with zero attached hydrogens (tertiary/aromatic N) is 2. The number of aromatic nitrogens is 2. The smallest absolute Gasteiger partial charge is 0.137 e. The van der Waals surface area contributed by atoms with Crippen molar-refractivity contribution in [3.8, 4) is 11.3 Å². The van der Waals surface area contributed by atoms with E-state index in [1.807, 2.05) is 24.3 Å². The molecule has 0 unspecified atom stereocenters. The minimum absolute atomic E-state index is 0.630. The molecule has 0 atom stereocenters. The lowest BCUT2D eigenvalue weighted by atomic mass is 10.1. The predicted octanol–water partition coefficient (Wildman–Crippen LogP) is 3.60. The van der Waals surface area contributed by atoms with E-state index < -0.39 is 0 Å². The molecule has 1 aromatic carbocycles. The van der Waals surface area contributed by atoms with Crippen molar-refractivity contribution in [3.05, 3.63) is 35.6 Å². The third kappa shape index (κ3) is 1.33. The van der Waals surface area contributed by atoms with Gasteiger partial charge >= 0.3 is 0 Å². The van der Waals surface area contributed by atoms with Crippen LogP contribution in [-0.2, 0) is 0 Å². The molecular formula is C10H5ClN2OS. The van der Waals surface area contributed by atoms with Gasteiger partial charge in [-0.2, -0.15) is 8.75 Å². The summed E-state index contributed by atoms with van der Waals surface area (Å²) >= 11 is 7.30. The van der Waals surface area contributed by atoms with Crippen LogP contribution in [0.4, 0.5) is 0 Å². The summed E-state index contributed by atoms with van der Waals surface area (Å²) in [6, 6.07) is 7.35. The average molecular weight is 237 g/mol. The fourth-order valence-corrected chi connectivity index (χ4v) is 2.27. The molecule has 2 aromatic heterocycles. The highest BCUT2D eigenvalue weighted by atomic mass is 35.5. The Morgan fingerprint density at radius 3 is 2.93 bits per heavy atom. The van der Waals surface area contributed by atoms with Crippen LogP contribution in [0.25, 0.3) is 22.4 Å². The molecule has 15 heavy (non-hydrogen) atoms. The maximum Gasteiger partial charge on any atom is 0.137 e. The van der Waals surface area contributed by atoms with Gasteiger partial charge in [0.1, 0.15) is 16.8 Å². The molecule has 5 heteroatoms. The molecular weight excluding hydrogens is 232 g/mol. The van der Waals surface area contributed by atoms with Crippen LogP contribution in [0.15, 0.2) is 34.9 Å². The Morgan fingerprint density at radius 1 is 1.20 bits per heavy atom. The highest BCUT2D eigenvalue weighted by molar-refractivity contribution is 7.00. The Hall–Kier alpha value is -1.39. The number of rotatable bonds is 1. The monoisotopic (exact) mass is 236 g/mol. The summed E-state index contributed by atoms with van der Waals surface area (Å²) in [6.45, 7) is 0. The van der Waals surface area contributed by atoms with Gasteiger partial charge in [-0.15, -0.1) is 0 Å². The maximum absolute atomic E-state index is 6.13. The van der Waals surface area contributed by atoms with Crippen LogP contribution in [0.3, 0.4) is 0 Å². The third-order valence-electron chi connectivity index (χ3n) is 2.14. The summed E-state index contributed by atoms with van der Waals surface area (Å²) in [5, 5.41) is 0.630. The van der Waals surface area contributed by atoms with Gasteiger partial charge in [0.15, 0.2) is 0 Å². The lowest BCUT2D eigenvalue weighted by Crippen LogP contribution is -1.80. The number of hydrogen-bond donors (Lipinski definition) is 0. The molecule has 2 heterocycles. The van der Waals surface area contributed by atoms with Crippen molar-refractivity contribution < 1.29 is 4.42 Å². The second-order valence-corrected chi connectivity index (χ2v) is 3.97. The number of halogens is 1. The minimum Gasteiger partial charge on any atom is -0.464 e. The fourth-order valence-electron chi connectivity index (χ4n) is 1.48. The second kappa shape index (κ2) is 3.32. The minimum atomic E-state index is 0.630. The standard InChI is InChI=1S/C10H5ClN2OS/c11-6-3-4-7-10(13-15-12-7)9(6)8-2-1-5-14-8/h1-5H. The molecule has 74 valence electrons. The lowest BCUT2D eigenvalue weighted by molar-refractivity contribution is 0.583. The summed E-state index contributed by atoms with van der Waals surface area (Å²) in [7, 11) is 0. The SMILES string of the molecule is Clc1ccc2nsnc2c1-c1ccco1. The molecule has 3 nitrogen and oxygen atoms in total. The Balaban J connectivity index is 2.41.